The lowest BCUT2D eigenvalue weighted by Crippen LogP contribution is -2.38. The molecular weight excluding hydrogens is 336 g/mol. The van der Waals surface area contributed by atoms with E-state index in [2.05, 4.69) is 15.6 Å². The highest BCUT2D eigenvalue weighted by Crippen LogP contribution is 2.29. The first-order valence-electron chi connectivity index (χ1n) is 8.26. The molecule has 7 heteroatoms. The molecule has 0 saturated heterocycles. The molecule has 1 aliphatic heterocycles. The standard InChI is InChI=1S/C18H22N4O2S/c1-11(2)19-17(24)8-22(3)9-18-21-15(10-25-18)12-4-5-14-13(6-12)7-16(23)20-14/h4-6,10-11H,7-9H2,1-3H3,(H,19,24)(H,20,23). The zero-order valence-corrected chi connectivity index (χ0v) is 15.4. The molecular formula is C18H22N4O2S. The minimum atomic E-state index is 0.0186. The number of hydrogen-bond donors (Lipinski definition) is 2. The van der Waals surface area contributed by atoms with Crippen molar-refractivity contribution in [2.75, 3.05) is 18.9 Å². The number of thiazole rings is 1. The van der Waals surface area contributed by atoms with Crippen LogP contribution in [0.1, 0.15) is 24.4 Å². The van der Waals surface area contributed by atoms with Crippen LogP contribution in [0.3, 0.4) is 0 Å². The summed E-state index contributed by atoms with van der Waals surface area (Å²) in [4.78, 5) is 29.9. The number of carbonyl (C=O) groups is 2. The minimum absolute atomic E-state index is 0.0186. The van der Waals surface area contributed by atoms with Crippen LogP contribution in [0.2, 0.25) is 0 Å². The Balaban J connectivity index is 1.64. The van der Waals surface area contributed by atoms with E-state index in [0.717, 1.165) is 27.5 Å². The Bertz CT molecular complexity index is 800. The molecule has 2 amide bonds. The highest BCUT2D eigenvalue weighted by molar-refractivity contribution is 7.09. The lowest BCUT2D eigenvalue weighted by molar-refractivity contribution is -0.122. The second-order valence-corrected chi connectivity index (χ2v) is 7.56. The molecule has 1 aliphatic rings. The van der Waals surface area contributed by atoms with Crippen LogP contribution in [-0.2, 0) is 22.6 Å². The zero-order valence-electron chi connectivity index (χ0n) is 14.6. The SMILES string of the molecule is CC(C)NC(=O)CN(C)Cc1nc(-c2ccc3c(c2)CC(=O)N3)cs1. The number of carbonyl (C=O) groups excluding carboxylic acids is 2. The lowest BCUT2D eigenvalue weighted by Gasteiger charge is -2.16. The molecule has 25 heavy (non-hydrogen) atoms. The van der Waals surface area contributed by atoms with E-state index in [1.54, 1.807) is 11.3 Å². The van der Waals surface area contributed by atoms with Gasteiger partial charge in [0, 0.05) is 22.7 Å². The van der Waals surface area contributed by atoms with Crippen LogP contribution in [0.15, 0.2) is 23.6 Å². The van der Waals surface area contributed by atoms with Gasteiger partial charge in [-0.25, -0.2) is 4.98 Å². The van der Waals surface area contributed by atoms with Gasteiger partial charge in [0.2, 0.25) is 11.8 Å². The third-order valence-corrected chi connectivity index (χ3v) is 4.68. The number of anilines is 1. The zero-order chi connectivity index (χ0) is 18.0. The maximum absolute atomic E-state index is 11.8. The summed E-state index contributed by atoms with van der Waals surface area (Å²) in [5.74, 6) is 0.0532. The smallest absolute Gasteiger partial charge is 0.234 e. The van der Waals surface area contributed by atoms with Crippen molar-refractivity contribution in [2.24, 2.45) is 0 Å². The molecule has 0 spiro atoms. The Labute approximate surface area is 151 Å². The van der Waals surface area contributed by atoms with E-state index in [0.29, 0.717) is 19.5 Å². The molecule has 6 nitrogen and oxygen atoms in total. The number of benzene rings is 1. The highest BCUT2D eigenvalue weighted by Gasteiger charge is 2.18. The van der Waals surface area contributed by atoms with Crippen LogP contribution < -0.4 is 10.6 Å². The molecule has 132 valence electrons. The molecule has 1 aromatic heterocycles. The molecule has 0 unspecified atom stereocenters. The molecule has 0 radical (unpaired) electrons. The van der Waals surface area contributed by atoms with E-state index in [4.69, 9.17) is 0 Å². The maximum atomic E-state index is 11.8. The van der Waals surface area contributed by atoms with E-state index in [1.165, 1.54) is 0 Å². The van der Waals surface area contributed by atoms with E-state index in [-0.39, 0.29) is 17.9 Å². The van der Waals surface area contributed by atoms with Gasteiger partial charge in [0.25, 0.3) is 0 Å². The molecule has 2 aromatic rings. The fourth-order valence-corrected chi connectivity index (χ4v) is 3.69. The second-order valence-electron chi connectivity index (χ2n) is 6.62. The summed E-state index contributed by atoms with van der Waals surface area (Å²) in [5, 5.41) is 8.70. The Morgan fingerprint density at radius 3 is 3.00 bits per heavy atom. The molecule has 2 N–H and O–H groups in total. The van der Waals surface area contributed by atoms with Crippen LogP contribution in [0.4, 0.5) is 5.69 Å². The van der Waals surface area contributed by atoms with Crippen LogP contribution in [0, 0.1) is 0 Å². The number of amides is 2. The summed E-state index contributed by atoms with van der Waals surface area (Å²) in [6.45, 7) is 4.87. The van der Waals surface area contributed by atoms with Crippen molar-refractivity contribution in [1.82, 2.24) is 15.2 Å². The molecule has 0 fully saturated rings. The first-order valence-corrected chi connectivity index (χ1v) is 9.14. The van der Waals surface area contributed by atoms with Gasteiger partial charge in [0.05, 0.1) is 25.2 Å². The Hall–Kier alpha value is -2.25. The van der Waals surface area contributed by atoms with Gasteiger partial charge >= 0.3 is 0 Å². The van der Waals surface area contributed by atoms with Gasteiger partial charge < -0.3 is 10.6 Å². The third-order valence-electron chi connectivity index (χ3n) is 3.85. The number of rotatable bonds is 6. The van der Waals surface area contributed by atoms with Gasteiger partial charge in [-0.15, -0.1) is 11.3 Å². The second kappa shape index (κ2) is 7.33. The van der Waals surface area contributed by atoms with E-state index in [1.807, 2.05) is 49.4 Å². The van der Waals surface area contributed by atoms with Crippen molar-refractivity contribution >= 4 is 28.8 Å². The molecule has 2 heterocycles. The molecule has 1 aromatic carbocycles. The molecule has 0 saturated carbocycles. The number of nitrogens with zero attached hydrogens (tertiary/aromatic N) is 2. The van der Waals surface area contributed by atoms with Gasteiger partial charge in [-0.2, -0.15) is 0 Å². The quantitative estimate of drug-likeness (QED) is 0.831. The molecule has 3 rings (SSSR count). The van der Waals surface area contributed by atoms with Crippen molar-refractivity contribution in [3.63, 3.8) is 0 Å². The van der Waals surface area contributed by atoms with Gasteiger partial charge in [0.1, 0.15) is 5.01 Å². The Morgan fingerprint density at radius 2 is 2.24 bits per heavy atom. The predicted octanol–water partition coefficient (Wildman–Crippen LogP) is 2.26. The van der Waals surface area contributed by atoms with Gasteiger partial charge in [-0.1, -0.05) is 6.07 Å². The first-order chi connectivity index (χ1) is 11.9. The minimum Gasteiger partial charge on any atom is -0.353 e. The van der Waals surface area contributed by atoms with Gasteiger partial charge in [0.15, 0.2) is 0 Å². The Kier molecular flexibility index (Phi) is 5.15. The first kappa shape index (κ1) is 17.6. The van der Waals surface area contributed by atoms with Crippen molar-refractivity contribution < 1.29 is 9.59 Å². The van der Waals surface area contributed by atoms with E-state index in [9.17, 15) is 9.59 Å². The monoisotopic (exact) mass is 358 g/mol. The summed E-state index contributed by atoms with van der Waals surface area (Å²) in [6, 6.07) is 6.07. The normalized spacial score (nSPS) is 13.2. The number of nitrogens with one attached hydrogen (secondary N) is 2. The molecule has 0 aliphatic carbocycles. The fraction of sp³-hybridized carbons (Fsp3) is 0.389. The van der Waals surface area contributed by atoms with Crippen molar-refractivity contribution in [3.8, 4) is 11.3 Å². The lowest BCUT2D eigenvalue weighted by atomic mass is 10.1. The average molecular weight is 358 g/mol. The van der Waals surface area contributed by atoms with Crippen molar-refractivity contribution in [3.05, 3.63) is 34.2 Å². The summed E-state index contributed by atoms with van der Waals surface area (Å²) in [7, 11) is 1.91. The van der Waals surface area contributed by atoms with Crippen LogP contribution in [0.25, 0.3) is 11.3 Å². The summed E-state index contributed by atoms with van der Waals surface area (Å²) >= 11 is 1.58. The fourth-order valence-electron chi connectivity index (χ4n) is 2.80. The van der Waals surface area contributed by atoms with Crippen molar-refractivity contribution in [2.45, 2.75) is 32.9 Å². The van der Waals surface area contributed by atoms with Gasteiger partial charge in [-0.3, -0.25) is 14.5 Å². The Morgan fingerprint density at radius 1 is 1.44 bits per heavy atom. The number of hydrogen-bond acceptors (Lipinski definition) is 5. The number of aromatic nitrogens is 1. The predicted molar refractivity (Wildman–Crippen MR) is 99.5 cm³/mol. The van der Waals surface area contributed by atoms with Gasteiger partial charge in [-0.05, 0) is 38.6 Å². The van der Waals surface area contributed by atoms with Crippen LogP contribution in [-0.4, -0.2) is 41.3 Å². The summed E-state index contributed by atoms with van der Waals surface area (Å²) in [5.41, 5.74) is 3.82. The van der Waals surface area contributed by atoms with E-state index < -0.39 is 0 Å². The summed E-state index contributed by atoms with van der Waals surface area (Å²) in [6.07, 6.45) is 0.424. The average Bonchev–Trinajstić information content (AvgIpc) is 3.10. The molecule has 0 bridgehead atoms. The number of fused-ring (bicyclic) bond motifs is 1. The largest absolute Gasteiger partial charge is 0.353 e. The highest BCUT2D eigenvalue weighted by atomic mass is 32.1. The van der Waals surface area contributed by atoms with Crippen LogP contribution >= 0.6 is 11.3 Å². The van der Waals surface area contributed by atoms with Crippen molar-refractivity contribution in [1.29, 1.82) is 0 Å². The van der Waals surface area contributed by atoms with Crippen LogP contribution in [0.5, 0.6) is 0 Å². The number of likely N-dealkylation sites (N-methyl/N-ethyl adjacent to an activating group) is 1. The third kappa shape index (κ3) is 4.43. The van der Waals surface area contributed by atoms with E-state index >= 15 is 0 Å². The summed E-state index contributed by atoms with van der Waals surface area (Å²) < 4.78 is 0. The molecule has 0 atom stereocenters. The topological polar surface area (TPSA) is 74.3 Å². The maximum Gasteiger partial charge on any atom is 0.234 e.